The van der Waals surface area contributed by atoms with E-state index in [4.69, 9.17) is 10.5 Å². The number of hydrogen-bond donors (Lipinski definition) is 2. The Labute approximate surface area is 210 Å². The number of nitrogens with zero attached hydrogens (tertiary/aromatic N) is 7. The molecule has 1 aliphatic heterocycles. The standard InChI is InChI=1S/C21H19F6N9O2/c22-20(23,24)14-10-15(33-17(32-14)21(25,26)27)34-19(37)36-8-6-35(7-9-36)16-13(2-1-4-29-16)38-11-12-3-5-30-18(28)31-12/h1-5,10H,6-9,11H2,(H2,28,30,31)(H,32,33,34,37). The van der Waals surface area contributed by atoms with Crippen LogP contribution in [0.4, 0.5) is 48.7 Å². The van der Waals surface area contributed by atoms with E-state index in [0.29, 0.717) is 17.3 Å². The second kappa shape index (κ2) is 10.5. The number of nitrogens with one attached hydrogen (secondary N) is 1. The molecule has 4 heterocycles. The van der Waals surface area contributed by atoms with E-state index < -0.39 is 35.7 Å². The lowest BCUT2D eigenvalue weighted by molar-refractivity contribution is -0.152. The van der Waals surface area contributed by atoms with Crippen LogP contribution in [0.2, 0.25) is 0 Å². The monoisotopic (exact) mass is 543 g/mol. The first-order valence-corrected chi connectivity index (χ1v) is 10.9. The second-order valence-electron chi connectivity index (χ2n) is 7.88. The molecular formula is C21H19F6N9O2. The number of hydrogen-bond acceptors (Lipinski definition) is 9. The summed E-state index contributed by atoms with van der Waals surface area (Å²) in [7, 11) is 0. The number of rotatable bonds is 5. The molecule has 38 heavy (non-hydrogen) atoms. The Morgan fingerprint density at radius 1 is 0.974 bits per heavy atom. The van der Waals surface area contributed by atoms with Crippen LogP contribution < -0.4 is 20.7 Å². The summed E-state index contributed by atoms with van der Waals surface area (Å²) in [5.41, 5.74) is 4.29. The maximum absolute atomic E-state index is 13.0. The molecule has 3 aromatic heterocycles. The van der Waals surface area contributed by atoms with Gasteiger partial charge in [0.2, 0.25) is 11.8 Å². The number of carbonyl (C=O) groups excluding carboxylic acids is 1. The largest absolute Gasteiger partial charge is 0.483 e. The van der Waals surface area contributed by atoms with Crippen molar-refractivity contribution in [3.8, 4) is 5.75 Å². The first-order chi connectivity index (χ1) is 17.9. The molecule has 0 unspecified atom stereocenters. The van der Waals surface area contributed by atoms with Crippen molar-refractivity contribution in [3.63, 3.8) is 0 Å². The Balaban J connectivity index is 1.40. The number of piperazine rings is 1. The number of alkyl halides is 6. The van der Waals surface area contributed by atoms with Crippen molar-refractivity contribution < 1.29 is 35.9 Å². The Hall–Kier alpha value is -4.44. The number of nitrogens with two attached hydrogens (primary N) is 1. The zero-order valence-electron chi connectivity index (χ0n) is 19.3. The van der Waals surface area contributed by atoms with Gasteiger partial charge < -0.3 is 20.3 Å². The van der Waals surface area contributed by atoms with Crippen LogP contribution >= 0.6 is 0 Å². The zero-order chi connectivity index (χ0) is 27.5. The van der Waals surface area contributed by atoms with Gasteiger partial charge >= 0.3 is 18.4 Å². The maximum Gasteiger partial charge on any atom is 0.451 e. The van der Waals surface area contributed by atoms with Crippen molar-refractivity contribution in [3.05, 3.63) is 53.9 Å². The SMILES string of the molecule is Nc1nccc(COc2cccnc2N2CCN(C(=O)Nc3cc(C(F)(F)F)nc(C(F)(F)F)n3)CC2)n1. The van der Waals surface area contributed by atoms with E-state index in [-0.39, 0.29) is 44.8 Å². The molecule has 0 bridgehead atoms. The number of aromatic nitrogens is 5. The molecule has 0 atom stereocenters. The summed E-state index contributed by atoms with van der Waals surface area (Å²) in [4.78, 5) is 33.4. The smallest absolute Gasteiger partial charge is 0.451 e. The topological polar surface area (TPSA) is 135 Å². The van der Waals surface area contributed by atoms with Gasteiger partial charge in [-0.25, -0.2) is 29.7 Å². The average Bonchev–Trinajstić information content (AvgIpc) is 2.86. The number of anilines is 3. The third-order valence-electron chi connectivity index (χ3n) is 5.23. The Morgan fingerprint density at radius 3 is 2.37 bits per heavy atom. The van der Waals surface area contributed by atoms with Crippen molar-refractivity contribution >= 4 is 23.6 Å². The van der Waals surface area contributed by atoms with Gasteiger partial charge in [-0.3, -0.25) is 5.32 Å². The maximum atomic E-state index is 13.0. The molecule has 17 heteroatoms. The van der Waals surface area contributed by atoms with Crippen LogP contribution in [-0.4, -0.2) is 62.0 Å². The van der Waals surface area contributed by atoms with Crippen LogP contribution in [0.15, 0.2) is 36.7 Å². The van der Waals surface area contributed by atoms with Crippen molar-refractivity contribution in [1.29, 1.82) is 0 Å². The Kier molecular flexibility index (Phi) is 7.36. The number of ether oxygens (including phenoxy) is 1. The molecule has 4 rings (SSSR count). The van der Waals surface area contributed by atoms with Crippen LogP contribution in [0.5, 0.6) is 5.75 Å². The quantitative estimate of drug-likeness (QED) is 0.465. The molecule has 0 spiro atoms. The van der Waals surface area contributed by atoms with Gasteiger partial charge in [-0.2, -0.15) is 26.3 Å². The molecule has 1 saturated heterocycles. The van der Waals surface area contributed by atoms with E-state index in [1.807, 2.05) is 10.2 Å². The van der Waals surface area contributed by atoms with Gasteiger partial charge in [0.1, 0.15) is 12.4 Å². The molecule has 0 aromatic carbocycles. The van der Waals surface area contributed by atoms with E-state index in [2.05, 4.69) is 24.9 Å². The van der Waals surface area contributed by atoms with Crippen LogP contribution in [0.3, 0.4) is 0 Å². The summed E-state index contributed by atoms with van der Waals surface area (Å²) >= 11 is 0. The highest BCUT2D eigenvalue weighted by Crippen LogP contribution is 2.33. The minimum absolute atomic E-state index is 0.0898. The summed E-state index contributed by atoms with van der Waals surface area (Å²) in [6, 6.07) is 4.33. The molecule has 11 nitrogen and oxygen atoms in total. The van der Waals surface area contributed by atoms with E-state index in [1.165, 1.54) is 11.1 Å². The lowest BCUT2D eigenvalue weighted by Gasteiger charge is -2.35. The fraction of sp³-hybridized carbons (Fsp3) is 0.333. The summed E-state index contributed by atoms with van der Waals surface area (Å²) in [5.74, 6) is -1.92. The lowest BCUT2D eigenvalue weighted by Crippen LogP contribution is -2.50. The Bertz CT molecular complexity index is 1260. The highest BCUT2D eigenvalue weighted by Gasteiger charge is 2.40. The van der Waals surface area contributed by atoms with Crippen LogP contribution in [0.25, 0.3) is 0 Å². The number of carbonyl (C=O) groups is 1. The molecular weight excluding hydrogens is 524 g/mol. The van der Waals surface area contributed by atoms with E-state index in [0.717, 1.165) is 0 Å². The first-order valence-electron chi connectivity index (χ1n) is 10.9. The number of pyridine rings is 1. The average molecular weight is 543 g/mol. The van der Waals surface area contributed by atoms with Crippen LogP contribution in [0.1, 0.15) is 17.2 Å². The highest BCUT2D eigenvalue weighted by molar-refractivity contribution is 5.88. The second-order valence-corrected chi connectivity index (χ2v) is 7.88. The predicted molar refractivity (Wildman–Crippen MR) is 120 cm³/mol. The number of halogens is 6. The molecule has 1 aliphatic rings. The van der Waals surface area contributed by atoms with Gasteiger partial charge in [0.05, 0.1) is 5.69 Å². The van der Waals surface area contributed by atoms with E-state index in [9.17, 15) is 31.1 Å². The van der Waals surface area contributed by atoms with Crippen molar-refractivity contribution in [2.45, 2.75) is 19.0 Å². The normalized spacial score (nSPS) is 14.4. The third kappa shape index (κ3) is 6.46. The van der Waals surface area contributed by atoms with Gasteiger partial charge in [0.15, 0.2) is 17.3 Å². The van der Waals surface area contributed by atoms with E-state index >= 15 is 0 Å². The summed E-state index contributed by atoms with van der Waals surface area (Å²) in [6.07, 6.45) is -7.37. The highest BCUT2D eigenvalue weighted by atomic mass is 19.4. The molecule has 0 saturated carbocycles. The number of nitrogen functional groups attached to an aromatic ring is 1. The zero-order valence-corrected chi connectivity index (χ0v) is 19.3. The minimum Gasteiger partial charge on any atom is -0.483 e. The van der Waals surface area contributed by atoms with Gasteiger partial charge in [0, 0.05) is 44.6 Å². The van der Waals surface area contributed by atoms with Gasteiger partial charge in [-0.1, -0.05) is 0 Å². The molecule has 1 fully saturated rings. The van der Waals surface area contributed by atoms with Crippen LogP contribution in [-0.2, 0) is 19.0 Å². The minimum atomic E-state index is -5.24. The molecule has 3 aromatic rings. The number of amides is 2. The predicted octanol–water partition coefficient (Wildman–Crippen LogP) is 3.21. The molecule has 2 amide bonds. The third-order valence-corrected chi connectivity index (χ3v) is 5.23. The van der Waals surface area contributed by atoms with Gasteiger partial charge in [-0.15, -0.1) is 0 Å². The van der Waals surface area contributed by atoms with Crippen molar-refractivity contribution in [1.82, 2.24) is 29.8 Å². The fourth-order valence-electron chi connectivity index (χ4n) is 3.47. The fourth-order valence-corrected chi connectivity index (χ4v) is 3.47. The van der Waals surface area contributed by atoms with Crippen LogP contribution in [0, 0.1) is 0 Å². The van der Waals surface area contributed by atoms with E-state index in [1.54, 1.807) is 24.4 Å². The summed E-state index contributed by atoms with van der Waals surface area (Å²) in [6.45, 7) is 0.785. The molecule has 0 radical (unpaired) electrons. The van der Waals surface area contributed by atoms with Crippen molar-refractivity contribution in [2.24, 2.45) is 0 Å². The summed E-state index contributed by atoms with van der Waals surface area (Å²) < 4.78 is 83.8. The molecule has 3 N–H and O–H groups in total. The first kappa shape index (κ1) is 26.6. The van der Waals surface area contributed by atoms with Crippen molar-refractivity contribution in [2.75, 3.05) is 42.1 Å². The molecule has 0 aliphatic carbocycles. The van der Waals surface area contributed by atoms with Gasteiger partial charge in [0.25, 0.3) is 0 Å². The van der Waals surface area contributed by atoms with Gasteiger partial charge in [-0.05, 0) is 18.2 Å². The lowest BCUT2D eigenvalue weighted by atomic mass is 10.3. The Morgan fingerprint density at radius 2 is 1.71 bits per heavy atom. The number of urea groups is 1. The molecule has 202 valence electrons. The summed E-state index contributed by atoms with van der Waals surface area (Å²) in [5, 5.41) is 2.00.